The van der Waals surface area contributed by atoms with Gasteiger partial charge in [-0.3, -0.25) is 20.2 Å². The van der Waals surface area contributed by atoms with Crippen molar-refractivity contribution in [2.75, 3.05) is 6.54 Å². The molecular formula is C14H17N3O3. The fourth-order valence-electron chi connectivity index (χ4n) is 2.87. The van der Waals surface area contributed by atoms with Gasteiger partial charge in [-0.15, -0.1) is 0 Å². The summed E-state index contributed by atoms with van der Waals surface area (Å²) in [6.07, 6.45) is 2.97. The first kappa shape index (κ1) is 13.1. The van der Waals surface area contributed by atoms with Gasteiger partial charge in [-0.05, 0) is 31.7 Å². The van der Waals surface area contributed by atoms with E-state index in [9.17, 15) is 14.9 Å². The van der Waals surface area contributed by atoms with Crippen molar-refractivity contribution in [3.05, 3.63) is 39.4 Å². The molecule has 3 rings (SSSR count). The lowest BCUT2D eigenvalue weighted by Gasteiger charge is -2.38. The van der Waals surface area contributed by atoms with Crippen molar-refractivity contribution in [2.24, 2.45) is 0 Å². The summed E-state index contributed by atoms with van der Waals surface area (Å²) in [7, 11) is 0. The van der Waals surface area contributed by atoms with E-state index in [1.165, 1.54) is 0 Å². The largest absolute Gasteiger partial charge is 0.319 e. The Hall–Kier alpha value is -1.95. The highest BCUT2D eigenvalue weighted by atomic mass is 16.6. The smallest absolute Gasteiger partial charge is 0.272 e. The Morgan fingerprint density at radius 2 is 2.15 bits per heavy atom. The zero-order valence-electron chi connectivity index (χ0n) is 11.3. The quantitative estimate of drug-likeness (QED) is 0.675. The maximum Gasteiger partial charge on any atom is 0.272 e. The first-order valence-electron chi connectivity index (χ1n) is 6.87. The van der Waals surface area contributed by atoms with Gasteiger partial charge in [0.05, 0.1) is 11.5 Å². The minimum absolute atomic E-state index is 0.0860. The Labute approximate surface area is 116 Å². The number of hydrogen-bond donors (Lipinski definition) is 1. The van der Waals surface area contributed by atoms with E-state index in [-0.39, 0.29) is 28.7 Å². The van der Waals surface area contributed by atoms with E-state index in [0.29, 0.717) is 12.1 Å². The van der Waals surface area contributed by atoms with Crippen LogP contribution in [0.1, 0.15) is 36.6 Å². The van der Waals surface area contributed by atoms with Crippen LogP contribution in [0.2, 0.25) is 0 Å². The van der Waals surface area contributed by atoms with Crippen molar-refractivity contribution in [1.82, 2.24) is 10.2 Å². The highest BCUT2D eigenvalue weighted by molar-refractivity contribution is 5.81. The Bertz CT molecular complexity index is 569. The fourth-order valence-corrected chi connectivity index (χ4v) is 2.87. The molecule has 0 spiro atoms. The Morgan fingerprint density at radius 1 is 1.40 bits per heavy atom. The fraction of sp³-hybridized carbons (Fsp3) is 0.500. The van der Waals surface area contributed by atoms with Crippen LogP contribution in [-0.4, -0.2) is 28.3 Å². The van der Waals surface area contributed by atoms with Gasteiger partial charge in [-0.1, -0.05) is 12.1 Å². The number of nitrogens with one attached hydrogen (secondary N) is 1. The second-order valence-electron chi connectivity index (χ2n) is 5.47. The monoisotopic (exact) mass is 275 g/mol. The van der Waals surface area contributed by atoms with Crippen LogP contribution in [-0.2, 0) is 4.79 Å². The molecule has 1 N–H and O–H groups in total. The number of aryl methyl sites for hydroxylation is 1. The summed E-state index contributed by atoms with van der Waals surface area (Å²) in [6.45, 7) is 2.03. The third-order valence-electron chi connectivity index (χ3n) is 4.23. The van der Waals surface area contributed by atoms with E-state index in [2.05, 4.69) is 5.32 Å². The molecule has 1 saturated heterocycles. The van der Waals surface area contributed by atoms with Crippen molar-refractivity contribution >= 4 is 11.6 Å². The number of nitro benzene ring substituents is 1. The topological polar surface area (TPSA) is 75.5 Å². The molecule has 20 heavy (non-hydrogen) atoms. The van der Waals surface area contributed by atoms with E-state index in [0.717, 1.165) is 24.8 Å². The predicted molar refractivity (Wildman–Crippen MR) is 73.1 cm³/mol. The molecule has 6 heteroatoms. The molecule has 0 radical (unpaired) electrons. The molecule has 2 aliphatic rings. The zero-order valence-corrected chi connectivity index (χ0v) is 11.3. The van der Waals surface area contributed by atoms with Crippen LogP contribution in [0.15, 0.2) is 18.2 Å². The molecule has 1 heterocycles. The van der Waals surface area contributed by atoms with Gasteiger partial charge in [0.15, 0.2) is 0 Å². The predicted octanol–water partition coefficient (Wildman–Crippen LogP) is 1.89. The molecule has 1 amide bonds. The lowest BCUT2D eigenvalue weighted by Crippen LogP contribution is -2.43. The lowest BCUT2D eigenvalue weighted by molar-refractivity contribution is -0.385. The van der Waals surface area contributed by atoms with Crippen molar-refractivity contribution in [3.8, 4) is 0 Å². The minimum Gasteiger partial charge on any atom is -0.319 e. The molecule has 1 aliphatic heterocycles. The van der Waals surface area contributed by atoms with Crippen LogP contribution in [0, 0.1) is 17.0 Å². The summed E-state index contributed by atoms with van der Waals surface area (Å²) in [5, 5.41) is 14.2. The second-order valence-corrected chi connectivity index (χ2v) is 5.47. The molecular weight excluding hydrogens is 258 g/mol. The van der Waals surface area contributed by atoms with E-state index in [4.69, 9.17) is 0 Å². The summed E-state index contributed by atoms with van der Waals surface area (Å²) in [6, 6.07) is 5.47. The number of nitrogens with zero attached hydrogens (tertiary/aromatic N) is 2. The molecule has 1 unspecified atom stereocenters. The summed E-state index contributed by atoms with van der Waals surface area (Å²) >= 11 is 0. The van der Waals surface area contributed by atoms with E-state index >= 15 is 0 Å². The van der Waals surface area contributed by atoms with Gasteiger partial charge in [0.25, 0.3) is 5.69 Å². The number of carbonyl (C=O) groups is 1. The number of amides is 1. The molecule has 1 aromatic rings. The average molecular weight is 275 g/mol. The molecule has 2 fully saturated rings. The number of nitro groups is 1. The van der Waals surface area contributed by atoms with E-state index in [1.54, 1.807) is 19.1 Å². The second kappa shape index (κ2) is 4.86. The summed E-state index contributed by atoms with van der Waals surface area (Å²) in [4.78, 5) is 24.5. The van der Waals surface area contributed by atoms with Gasteiger partial charge in [0.1, 0.15) is 6.17 Å². The Balaban J connectivity index is 1.93. The molecule has 106 valence electrons. The summed E-state index contributed by atoms with van der Waals surface area (Å²) in [5.74, 6) is 0.0860. The third-order valence-corrected chi connectivity index (χ3v) is 4.23. The first-order valence-corrected chi connectivity index (χ1v) is 6.87. The zero-order chi connectivity index (χ0) is 14.3. The van der Waals surface area contributed by atoms with Crippen molar-refractivity contribution < 1.29 is 9.72 Å². The SMILES string of the molecule is Cc1ccc(C2NCC(=O)N2C2CCC2)cc1[N+](=O)[O-]. The minimum atomic E-state index is -0.372. The van der Waals surface area contributed by atoms with Gasteiger partial charge in [0, 0.05) is 17.7 Å². The van der Waals surface area contributed by atoms with Crippen LogP contribution >= 0.6 is 0 Å². The normalized spacial score (nSPS) is 22.9. The van der Waals surface area contributed by atoms with Crippen LogP contribution in [0.5, 0.6) is 0 Å². The molecule has 1 saturated carbocycles. The maximum absolute atomic E-state index is 12.0. The third kappa shape index (κ3) is 2.06. The summed E-state index contributed by atoms with van der Waals surface area (Å²) in [5.41, 5.74) is 1.54. The van der Waals surface area contributed by atoms with Gasteiger partial charge in [-0.25, -0.2) is 0 Å². The maximum atomic E-state index is 12.0. The van der Waals surface area contributed by atoms with Crippen LogP contribution in [0.4, 0.5) is 5.69 Å². The van der Waals surface area contributed by atoms with Crippen LogP contribution in [0.25, 0.3) is 0 Å². The van der Waals surface area contributed by atoms with E-state index in [1.807, 2.05) is 11.0 Å². The number of carbonyl (C=O) groups excluding carboxylic acids is 1. The van der Waals surface area contributed by atoms with E-state index < -0.39 is 0 Å². The standard InChI is InChI=1S/C14H17N3O3/c1-9-5-6-10(7-12(9)17(19)20)14-15-8-13(18)16(14)11-3-2-4-11/h5-7,11,14-15H,2-4,8H2,1H3. The van der Waals surface area contributed by atoms with Gasteiger partial charge >= 0.3 is 0 Å². The molecule has 0 bridgehead atoms. The van der Waals surface area contributed by atoms with Gasteiger partial charge < -0.3 is 4.90 Å². The molecule has 1 atom stereocenters. The molecule has 1 aliphatic carbocycles. The number of benzene rings is 1. The Morgan fingerprint density at radius 3 is 2.75 bits per heavy atom. The number of hydrogen-bond acceptors (Lipinski definition) is 4. The lowest BCUT2D eigenvalue weighted by atomic mass is 9.90. The average Bonchev–Trinajstić information content (AvgIpc) is 2.70. The van der Waals surface area contributed by atoms with Crippen molar-refractivity contribution in [1.29, 1.82) is 0 Å². The van der Waals surface area contributed by atoms with Gasteiger partial charge in [0.2, 0.25) is 5.91 Å². The molecule has 0 aromatic heterocycles. The first-order chi connectivity index (χ1) is 9.58. The van der Waals surface area contributed by atoms with Crippen LogP contribution in [0.3, 0.4) is 0 Å². The highest BCUT2D eigenvalue weighted by Gasteiger charge is 2.39. The van der Waals surface area contributed by atoms with Crippen molar-refractivity contribution in [3.63, 3.8) is 0 Å². The highest BCUT2D eigenvalue weighted by Crippen LogP contribution is 2.35. The van der Waals surface area contributed by atoms with Gasteiger partial charge in [-0.2, -0.15) is 0 Å². The molecule has 6 nitrogen and oxygen atoms in total. The van der Waals surface area contributed by atoms with Crippen molar-refractivity contribution in [2.45, 2.75) is 38.4 Å². The van der Waals surface area contributed by atoms with Crippen LogP contribution < -0.4 is 5.32 Å². The summed E-state index contributed by atoms with van der Waals surface area (Å²) < 4.78 is 0. The number of rotatable bonds is 3. The molecule has 1 aromatic carbocycles. The Kier molecular flexibility index (Phi) is 3.17.